The molecule has 0 heterocycles. The van der Waals surface area contributed by atoms with Crippen LogP contribution in [0.1, 0.15) is 45.2 Å². The third kappa shape index (κ3) is 1.98. The van der Waals surface area contributed by atoms with E-state index in [4.69, 9.17) is 5.73 Å². The fourth-order valence-electron chi connectivity index (χ4n) is 2.59. The van der Waals surface area contributed by atoms with Gasteiger partial charge in [0.25, 0.3) is 0 Å². The number of nitrogen functional groups attached to an aromatic ring is 1. The summed E-state index contributed by atoms with van der Waals surface area (Å²) >= 11 is 0. The number of hydrogen-bond donors (Lipinski definition) is 2. The Morgan fingerprint density at radius 1 is 1.00 bits per heavy atom. The maximum absolute atomic E-state index is 12.7. The molecule has 1 aliphatic rings. The highest BCUT2D eigenvalue weighted by atomic mass is 16.2. The fourth-order valence-corrected chi connectivity index (χ4v) is 2.59. The van der Waals surface area contributed by atoms with Crippen LogP contribution in [0.2, 0.25) is 0 Å². The second-order valence-corrected chi connectivity index (χ2v) is 5.06. The van der Waals surface area contributed by atoms with Crippen molar-refractivity contribution in [3.63, 3.8) is 0 Å². The zero-order valence-corrected chi connectivity index (χ0v) is 12.0. The molecule has 22 heavy (non-hydrogen) atoms. The molecule has 0 radical (unpaired) electrons. The van der Waals surface area contributed by atoms with E-state index in [9.17, 15) is 14.4 Å². The molecule has 110 valence electrons. The molecular weight excluding hydrogens is 280 g/mol. The van der Waals surface area contributed by atoms with E-state index in [1.807, 2.05) is 0 Å². The van der Waals surface area contributed by atoms with Crippen LogP contribution in [0, 0.1) is 0 Å². The number of rotatable bonds is 2. The summed E-state index contributed by atoms with van der Waals surface area (Å²) in [5.74, 6) is -0.828. The number of nitrogens with two attached hydrogens (primary N) is 1. The van der Waals surface area contributed by atoms with E-state index in [0.717, 1.165) is 0 Å². The number of nitrogens with one attached hydrogen (secondary N) is 1. The molecule has 0 aromatic heterocycles. The molecule has 0 bridgehead atoms. The van der Waals surface area contributed by atoms with Gasteiger partial charge in [-0.3, -0.25) is 14.4 Å². The molecule has 0 saturated heterocycles. The van der Waals surface area contributed by atoms with Gasteiger partial charge >= 0.3 is 0 Å². The van der Waals surface area contributed by atoms with E-state index in [2.05, 4.69) is 5.32 Å². The van der Waals surface area contributed by atoms with Crippen molar-refractivity contribution in [2.75, 3.05) is 11.1 Å². The van der Waals surface area contributed by atoms with E-state index in [-0.39, 0.29) is 40.7 Å². The molecule has 1 aliphatic carbocycles. The third-order valence-electron chi connectivity index (χ3n) is 3.70. The van der Waals surface area contributed by atoms with Crippen LogP contribution >= 0.6 is 0 Å². The molecule has 2 aromatic carbocycles. The quantitative estimate of drug-likeness (QED) is 0.710. The normalized spacial score (nSPS) is 12.6. The molecule has 0 saturated carbocycles. The summed E-state index contributed by atoms with van der Waals surface area (Å²) < 4.78 is 0. The Bertz CT molecular complexity index is 825. The van der Waals surface area contributed by atoms with Gasteiger partial charge in [-0.05, 0) is 12.1 Å². The molecule has 1 amide bonds. The Morgan fingerprint density at radius 3 is 2.18 bits per heavy atom. The first-order valence-corrected chi connectivity index (χ1v) is 6.95. The van der Waals surface area contributed by atoms with Crippen LogP contribution in [-0.2, 0) is 4.79 Å². The number of hydrogen-bond acceptors (Lipinski definition) is 4. The molecule has 0 aliphatic heterocycles. The van der Waals surface area contributed by atoms with Crippen molar-refractivity contribution in [3.8, 4) is 0 Å². The number of ketones is 2. The number of amides is 1. The SMILES string of the molecule is CCC(=O)Nc1ccc(N)c2c1C(=O)c1ccccc1C2=O. The smallest absolute Gasteiger partial charge is 0.224 e. The molecule has 2 aromatic rings. The van der Waals surface area contributed by atoms with Gasteiger partial charge < -0.3 is 11.1 Å². The van der Waals surface area contributed by atoms with Gasteiger partial charge in [0.15, 0.2) is 11.6 Å². The van der Waals surface area contributed by atoms with Gasteiger partial charge in [-0.2, -0.15) is 0 Å². The molecule has 0 fully saturated rings. The molecule has 3 rings (SSSR count). The van der Waals surface area contributed by atoms with E-state index in [1.165, 1.54) is 6.07 Å². The van der Waals surface area contributed by atoms with Crippen LogP contribution in [0.3, 0.4) is 0 Å². The predicted molar refractivity (Wildman–Crippen MR) is 83.1 cm³/mol. The second-order valence-electron chi connectivity index (χ2n) is 5.06. The van der Waals surface area contributed by atoms with Gasteiger partial charge in [-0.15, -0.1) is 0 Å². The van der Waals surface area contributed by atoms with E-state index < -0.39 is 0 Å². The molecule has 5 nitrogen and oxygen atoms in total. The van der Waals surface area contributed by atoms with Crippen molar-refractivity contribution >= 4 is 28.8 Å². The van der Waals surface area contributed by atoms with Crippen molar-refractivity contribution in [1.82, 2.24) is 0 Å². The average molecular weight is 294 g/mol. The van der Waals surface area contributed by atoms with Crippen molar-refractivity contribution < 1.29 is 14.4 Å². The largest absolute Gasteiger partial charge is 0.398 e. The van der Waals surface area contributed by atoms with Crippen LogP contribution in [0.25, 0.3) is 0 Å². The first kappa shape index (κ1) is 14.0. The maximum atomic E-state index is 12.7. The first-order valence-electron chi connectivity index (χ1n) is 6.95. The lowest BCUT2D eigenvalue weighted by atomic mass is 9.82. The molecule has 5 heteroatoms. The first-order chi connectivity index (χ1) is 10.5. The summed E-state index contributed by atoms with van der Waals surface area (Å²) in [6, 6.07) is 9.70. The topological polar surface area (TPSA) is 89.3 Å². The van der Waals surface area contributed by atoms with Crippen LogP contribution in [0.4, 0.5) is 11.4 Å². The second kappa shape index (κ2) is 5.11. The summed E-state index contributed by atoms with van der Waals surface area (Å²) in [5.41, 5.74) is 7.46. The molecule has 0 spiro atoms. The molecular formula is C17H14N2O3. The van der Waals surface area contributed by atoms with E-state index in [0.29, 0.717) is 16.8 Å². The monoisotopic (exact) mass is 294 g/mol. The van der Waals surface area contributed by atoms with Gasteiger partial charge in [0.1, 0.15) is 0 Å². The molecule has 0 atom stereocenters. The van der Waals surface area contributed by atoms with E-state index in [1.54, 1.807) is 37.3 Å². The lowest BCUT2D eigenvalue weighted by molar-refractivity contribution is -0.115. The van der Waals surface area contributed by atoms with Crippen LogP contribution in [0.5, 0.6) is 0 Å². The Balaban J connectivity index is 2.25. The highest BCUT2D eigenvalue weighted by molar-refractivity contribution is 6.32. The van der Waals surface area contributed by atoms with Gasteiger partial charge in [0, 0.05) is 23.2 Å². The van der Waals surface area contributed by atoms with Crippen LogP contribution in [0.15, 0.2) is 36.4 Å². The van der Waals surface area contributed by atoms with Gasteiger partial charge in [0.2, 0.25) is 5.91 Å². The van der Waals surface area contributed by atoms with Crippen molar-refractivity contribution in [2.45, 2.75) is 13.3 Å². The summed E-state index contributed by atoms with van der Waals surface area (Å²) in [6.07, 6.45) is 0.276. The molecule has 0 unspecified atom stereocenters. The molecule has 3 N–H and O–H groups in total. The minimum Gasteiger partial charge on any atom is -0.398 e. The summed E-state index contributed by atoms with van der Waals surface area (Å²) in [4.78, 5) is 37.0. The number of benzene rings is 2. The van der Waals surface area contributed by atoms with Gasteiger partial charge in [-0.1, -0.05) is 31.2 Å². The summed E-state index contributed by atoms with van der Waals surface area (Å²) in [6.45, 7) is 1.71. The minimum atomic E-state index is -0.302. The number of carbonyl (C=O) groups is 3. The number of anilines is 2. The third-order valence-corrected chi connectivity index (χ3v) is 3.70. The highest BCUT2D eigenvalue weighted by Gasteiger charge is 2.33. The number of carbonyl (C=O) groups excluding carboxylic acids is 3. The standard InChI is InChI=1S/C17H14N2O3/c1-2-13(20)19-12-8-7-11(18)14-15(12)17(22)10-6-4-3-5-9(10)16(14)21/h3-8H,2,18H2,1H3,(H,19,20). The Labute approximate surface area is 127 Å². The Morgan fingerprint density at radius 2 is 1.59 bits per heavy atom. The lowest BCUT2D eigenvalue weighted by Crippen LogP contribution is -2.25. The average Bonchev–Trinajstić information content (AvgIpc) is 2.54. The van der Waals surface area contributed by atoms with E-state index >= 15 is 0 Å². The van der Waals surface area contributed by atoms with Crippen LogP contribution in [-0.4, -0.2) is 17.5 Å². The summed E-state index contributed by atoms with van der Waals surface area (Å²) in [7, 11) is 0. The fraction of sp³-hybridized carbons (Fsp3) is 0.118. The minimum absolute atomic E-state index is 0.164. The predicted octanol–water partition coefficient (Wildman–Crippen LogP) is 2.39. The van der Waals surface area contributed by atoms with Gasteiger partial charge in [0.05, 0.1) is 16.8 Å². The zero-order valence-electron chi connectivity index (χ0n) is 12.0. The maximum Gasteiger partial charge on any atom is 0.224 e. The summed E-state index contributed by atoms with van der Waals surface area (Å²) in [5, 5.41) is 2.66. The Hall–Kier alpha value is -2.95. The van der Waals surface area contributed by atoms with Crippen molar-refractivity contribution in [1.29, 1.82) is 0 Å². The zero-order chi connectivity index (χ0) is 15.9. The number of fused-ring (bicyclic) bond motifs is 2. The van der Waals surface area contributed by atoms with Gasteiger partial charge in [-0.25, -0.2) is 0 Å². The lowest BCUT2D eigenvalue weighted by Gasteiger charge is -2.21. The Kier molecular flexibility index (Phi) is 3.25. The van der Waals surface area contributed by atoms with Crippen molar-refractivity contribution in [3.05, 3.63) is 58.7 Å². The van der Waals surface area contributed by atoms with Crippen LogP contribution < -0.4 is 11.1 Å². The van der Waals surface area contributed by atoms with Crippen molar-refractivity contribution in [2.24, 2.45) is 0 Å². The highest BCUT2D eigenvalue weighted by Crippen LogP contribution is 2.35.